The summed E-state index contributed by atoms with van der Waals surface area (Å²) in [6, 6.07) is -1.89. The van der Waals surface area contributed by atoms with Crippen LogP contribution in [0.15, 0.2) is 18.9 Å². The summed E-state index contributed by atoms with van der Waals surface area (Å²) in [5.41, 5.74) is 0.191. The molecule has 24 heavy (non-hydrogen) atoms. The number of hydrogen-bond acceptors (Lipinski definition) is 6. The van der Waals surface area contributed by atoms with E-state index in [9.17, 15) is 13.2 Å². The summed E-state index contributed by atoms with van der Waals surface area (Å²) >= 11 is 12.2. The summed E-state index contributed by atoms with van der Waals surface area (Å²) in [7, 11) is 0. The van der Waals surface area contributed by atoms with Gasteiger partial charge in [0.1, 0.15) is 29.7 Å². The molecule has 3 rings (SSSR count). The highest BCUT2D eigenvalue weighted by Crippen LogP contribution is 2.37. The van der Waals surface area contributed by atoms with Gasteiger partial charge in [-0.15, -0.1) is 0 Å². The predicted molar refractivity (Wildman–Crippen MR) is 81.0 cm³/mol. The Balaban J connectivity index is 2.26. The summed E-state index contributed by atoms with van der Waals surface area (Å²) in [5, 5.41) is 6.20. The van der Waals surface area contributed by atoms with Crippen LogP contribution in [0.2, 0.25) is 10.2 Å². The fraction of sp³-hybridized carbons (Fsp3) is 0.250. The molecule has 1 atom stereocenters. The molecule has 0 saturated heterocycles. The summed E-state index contributed by atoms with van der Waals surface area (Å²) in [6.07, 6.45) is -0.856. The highest BCUT2D eigenvalue weighted by Gasteiger charge is 2.37. The lowest BCUT2D eigenvalue weighted by Crippen LogP contribution is -2.34. The van der Waals surface area contributed by atoms with E-state index in [0.29, 0.717) is 0 Å². The number of nitrogens with zero attached hydrogens (tertiary/aromatic N) is 6. The maximum absolute atomic E-state index is 13.0. The maximum atomic E-state index is 13.0. The Kier molecular flexibility index (Phi) is 4.18. The van der Waals surface area contributed by atoms with E-state index in [1.807, 2.05) is 0 Å². The molecule has 3 aromatic heterocycles. The Morgan fingerprint density at radius 3 is 2.62 bits per heavy atom. The molecule has 0 aliphatic carbocycles. The zero-order valence-electron chi connectivity index (χ0n) is 11.9. The molecule has 0 unspecified atom stereocenters. The summed E-state index contributed by atoms with van der Waals surface area (Å²) < 4.78 is 40.0. The molecule has 1 N–H and O–H groups in total. The molecule has 0 saturated carbocycles. The van der Waals surface area contributed by atoms with Crippen LogP contribution in [-0.2, 0) is 0 Å². The number of rotatable bonds is 3. The SMILES string of the molecule is C[C@H](Nc1c(-c2ncncc2Cl)c(Cl)nc2ncnn12)C(F)(F)F. The topological polar surface area (TPSA) is 80.9 Å². The van der Waals surface area contributed by atoms with Crippen LogP contribution in [0, 0.1) is 0 Å². The van der Waals surface area contributed by atoms with Crippen LogP contribution in [0.1, 0.15) is 6.92 Å². The van der Waals surface area contributed by atoms with E-state index in [0.717, 1.165) is 17.8 Å². The monoisotopic (exact) mass is 377 g/mol. The fourth-order valence-corrected chi connectivity index (χ4v) is 2.40. The first-order chi connectivity index (χ1) is 11.3. The smallest absolute Gasteiger partial charge is 0.358 e. The van der Waals surface area contributed by atoms with Crippen LogP contribution in [0.4, 0.5) is 19.0 Å². The normalized spacial score (nSPS) is 13.2. The average molecular weight is 378 g/mol. The van der Waals surface area contributed by atoms with Crippen molar-refractivity contribution in [3.8, 4) is 11.3 Å². The van der Waals surface area contributed by atoms with Crippen LogP contribution in [0.5, 0.6) is 0 Å². The fourth-order valence-electron chi connectivity index (χ4n) is 1.94. The number of nitrogens with one attached hydrogen (secondary N) is 1. The van der Waals surface area contributed by atoms with Crippen LogP contribution < -0.4 is 5.32 Å². The van der Waals surface area contributed by atoms with E-state index < -0.39 is 12.2 Å². The van der Waals surface area contributed by atoms with Crippen molar-refractivity contribution in [2.45, 2.75) is 19.1 Å². The van der Waals surface area contributed by atoms with Crippen molar-refractivity contribution in [2.75, 3.05) is 5.32 Å². The Morgan fingerprint density at radius 2 is 1.96 bits per heavy atom. The van der Waals surface area contributed by atoms with Crippen molar-refractivity contribution in [3.05, 3.63) is 29.0 Å². The van der Waals surface area contributed by atoms with Gasteiger partial charge in [-0.1, -0.05) is 23.2 Å². The van der Waals surface area contributed by atoms with Crippen LogP contribution in [-0.4, -0.2) is 41.8 Å². The number of halogens is 5. The van der Waals surface area contributed by atoms with E-state index in [1.54, 1.807) is 0 Å². The standard InChI is InChI=1S/C12H8Cl2F3N7/c1-5(12(15,16)17)22-10-7(8-6(13)2-18-3-19-8)9(14)23-11-20-4-21-24(10)11/h2-5,22H,1H3/t5-/m0/s1. The van der Waals surface area contributed by atoms with Crippen molar-refractivity contribution >= 4 is 34.8 Å². The van der Waals surface area contributed by atoms with E-state index in [4.69, 9.17) is 23.2 Å². The second-order valence-corrected chi connectivity index (χ2v) is 5.49. The highest BCUT2D eigenvalue weighted by molar-refractivity contribution is 6.36. The molecule has 0 aliphatic rings. The Labute approximate surface area is 142 Å². The van der Waals surface area contributed by atoms with E-state index in [1.165, 1.54) is 12.5 Å². The van der Waals surface area contributed by atoms with Gasteiger partial charge in [0.2, 0.25) is 0 Å². The third kappa shape index (κ3) is 2.94. The van der Waals surface area contributed by atoms with Crippen LogP contribution in [0.3, 0.4) is 0 Å². The second-order valence-electron chi connectivity index (χ2n) is 4.72. The molecule has 0 aliphatic heterocycles. The molecule has 126 valence electrons. The molecule has 0 bridgehead atoms. The lowest BCUT2D eigenvalue weighted by molar-refractivity contribution is -0.138. The van der Waals surface area contributed by atoms with Crippen molar-refractivity contribution in [2.24, 2.45) is 0 Å². The van der Waals surface area contributed by atoms with Gasteiger partial charge in [-0.3, -0.25) is 0 Å². The number of fused-ring (bicyclic) bond motifs is 1. The maximum Gasteiger partial charge on any atom is 0.408 e. The van der Waals surface area contributed by atoms with E-state index >= 15 is 0 Å². The Bertz CT molecular complexity index is 896. The Morgan fingerprint density at radius 1 is 1.21 bits per heavy atom. The second kappa shape index (κ2) is 6.02. The molecule has 7 nitrogen and oxygen atoms in total. The van der Waals surface area contributed by atoms with Gasteiger partial charge in [0.05, 0.1) is 16.3 Å². The molecule has 0 radical (unpaired) electrons. The number of aromatic nitrogens is 6. The molecular formula is C12H8Cl2F3N7. The van der Waals surface area contributed by atoms with Crippen molar-refractivity contribution < 1.29 is 13.2 Å². The van der Waals surface area contributed by atoms with Crippen molar-refractivity contribution in [1.29, 1.82) is 0 Å². The Hall–Kier alpha value is -2.20. The van der Waals surface area contributed by atoms with Gasteiger partial charge in [0.15, 0.2) is 0 Å². The molecule has 3 heterocycles. The summed E-state index contributed by atoms with van der Waals surface area (Å²) in [6.45, 7) is 0.961. The highest BCUT2D eigenvalue weighted by atomic mass is 35.5. The van der Waals surface area contributed by atoms with Crippen LogP contribution in [0.25, 0.3) is 17.0 Å². The molecule has 0 amide bonds. The minimum Gasteiger partial charge on any atom is -0.358 e. The first kappa shape index (κ1) is 16.7. The first-order valence-electron chi connectivity index (χ1n) is 6.47. The van der Waals surface area contributed by atoms with Gasteiger partial charge in [-0.25, -0.2) is 9.97 Å². The lowest BCUT2D eigenvalue weighted by Gasteiger charge is -2.21. The van der Waals surface area contributed by atoms with Gasteiger partial charge in [0, 0.05) is 6.20 Å². The van der Waals surface area contributed by atoms with Crippen molar-refractivity contribution in [1.82, 2.24) is 29.5 Å². The summed E-state index contributed by atoms with van der Waals surface area (Å²) in [4.78, 5) is 15.6. The van der Waals surface area contributed by atoms with Crippen LogP contribution >= 0.6 is 23.2 Å². The minimum atomic E-state index is -4.49. The quantitative estimate of drug-likeness (QED) is 0.705. The first-order valence-corrected chi connectivity index (χ1v) is 7.23. The molecule has 0 aromatic carbocycles. The number of anilines is 1. The van der Waals surface area contributed by atoms with E-state index in [-0.39, 0.29) is 33.0 Å². The van der Waals surface area contributed by atoms with Gasteiger partial charge in [0.25, 0.3) is 5.78 Å². The molecule has 0 fully saturated rings. The largest absolute Gasteiger partial charge is 0.408 e. The lowest BCUT2D eigenvalue weighted by atomic mass is 10.2. The zero-order valence-corrected chi connectivity index (χ0v) is 13.4. The van der Waals surface area contributed by atoms with Gasteiger partial charge < -0.3 is 5.32 Å². The molecule has 0 spiro atoms. The minimum absolute atomic E-state index is 0.0332. The number of alkyl halides is 3. The third-order valence-electron chi connectivity index (χ3n) is 3.13. The molecule has 3 aromatic rings. The van der Waals surface area contributed by atoms with Crippen molar-refractivity contribution in [3.63, 3.8) is 0 Å². The average Bonchev–Trinajstić information content (AvgIpc) is 2.95. The third-order valence-corrected chi connectivity index (χ3v) is 3.68. The van der Waals surface area contributed by atoms with Gasteiger partial charge in [-0.2, -0.15) is 32.8 Å². The summed E-state index contributed by atoms with van der Waals surface area (Å²) in [5.74, 6) is -0.0428. The number of hydrogen-bond donors (Lipinski definition) is 1. The molecule has 12 heteroatoms. The molecular weight excluding hydrogens is 370 g/mol. The van der Waals surface area contributed by atoms with Gasteiger partial charge >= 0.3 is 6.18 Å². The van der Waals surface area contributed by atoms with Gasteiger partial charge in [-0.05, 0) is 6.92 Å². The predicted octanol–water partition coefficient (Wildman–Crippen LogP) is 3.25. The van der Waals surface area contributed by atoms with E-state index in [2.05, 4.69) is 30.4 Å². The zero-order chi connectivity index (χ0) is 17.5.